The van der Waals surface area contributed by atoms with Gasteiger partial charge in [0.15, 0.2) is 0 Å². The first-order valence-electron chi connectivity index (χ1n) is 8.61. The van der Waals surface area contributed by atoms with E-state index in [1.807, 2.05) is 50.2 Å². The molecule has 0 saturated heterocycles. The van der Waals surface area contributed by atoms with Crippen molar-refractivity contribution in [2.45, 2.75) is 38.6 Å². The van der Waals surface area contributed by atoms with Gasteiger partial charge in [-0.25, -0.2) is 8.42 Å². The number of sulfonamides is 1. The van der Waals surface area contributed by atoms with Crippen molar-refractivity contribution < 1.29 is 13.2 Å². The number of nitrogens with zero attached hydrogens (tertiary/aromatic N) is 1. The van der Waals surface area contributed by atoms with Crippen molar-refractivity contribution in [1.29, 1.82) is 0 Å². The Bertz CT molecular complexity index is 917. The van der Waals surface area contributed by atoms with Gasteiger partial charge in [0.1, 0.15) is 0 Å². The molecule has 2 aromatic carbocycles. The molecule has 0 aromatic heterocycles. The Kier molecular flexibility index (Phi) is 6.83. The van der Waals surface area contributed by atoms with Crippen LogP contribution in [0.3, 0.4) is 0 Å². The number of carbonyl (C=O) groups excluding carboxylic acids is 1. The van der Waals surface area contributed by atoms with Gasteiger partial charge in [-0.1, -0.05) is 45.8 Å². The zero-order valence-corrected chi connectivity index (χ0v) is 18.6. The number of hydrogen-bond acceptors (Lipinski definition) is 3. The standard InChI is InChI=1S/C20H25BrN2O3S/c1-13-10-14(2)20(15(3)11-13)27(25,26)23(5)12-19(24)22-16(4)17-6-8-18(21)9-7-17/h6-11,16H,12H2,1-5H3,(H,22,24). The number of amides is 1. The van der Waals surface area contributed by atoms with Crippen LogP contribution in [0.4, 0.5) is 0 Å². The summed E-state index contributed by atoms with van der Waals surface area (Å²) in [5.74, 6) is -0.348. The Hall–Kier alpha value is -1.70. The number of carbonyl (C=O) groups is 1. The smallest absolute Gasteiger partial charge is 0.243 e. The topological polar surface area (TPSA) is 66.5 Å². The number of hydrogen-bond donors (Lipinski definition) is 1. The van der Waals surface area contributed by atoms with Gasteiger partial charge in [-0.05, 0) is 56.5 Å². The summed E-state index contributed by atoms with van der Waals surface area (Å²) in [6.07, 6.45) is 0. The number of likely N-dealkylation sites (N-methyl/N-ethyl adjacent to an activating group) is 1. The Morgan fingerprint density at radius 3 is 2.15 bits per heavy atom. The highest BCUT2D eigenvalue weighted by molar-refractivity contribution is 9.10. The Morgan fingerprint density at radius 2 is 1.63 bits per heavy atom. The van der Waals surface area contributed by atoms with Crippen molar-refractivity contribution in [2.75, 3.05) is 13.6 Å². The molecule has 146 valence electrons. The maximum absolute atomic E-state index is 13.0. The summed E-state index contributed by atoms with van der Waals surface area (Å²) in [6, 6.07) is 11.1. The van der Waals surface area contributed by atoms with Gasteiger partial charge in [-0.3, -0.25) is 4.79 Å². The second kappa shape index (κ2) is 8.54. The molecule has 2 aromatic rings. The molecular weight excluding hydrogens is 428 g/mol. The Balaban J connectivity index is 2.12. The van der Waals surface area contributed by atoms with Crippen LogP contribution in [-0.4, -0.2) is 32.2 Å². The van der Waals surface area contributed by atoms with Gasteiger partial charge in [-0.15, -0.1) is 0 Å². The van der Waals surface area contributed by atoms with E-state index < -0.39 is 10.0 Å². The minimum absolute atomic E-state index is 0.218. The van der Waals surface area contributed by atoms with E-state index in [-0.39, 0.29) is 23.4 Å². The third-order valence-electron chi connectivity index (χ3n) is 4.39. The van der Waals surface area contributed by atoms with Crippen molar-refractivity contribution in [1.82, 2.24) is 9.62 Å². The molecule has 0 heterocycles. The predicted octanol–water partition coefficient (Wildman–Crippen LogP) is 3.87. The molecule has 27 heavy (non-hydrogen) atoms. The number of halogens is 1. The van der Waals surface area contributed by atoms with E-state index in [1.54, 1.807) is 13.8 Å². The fourth-order valence-electron chi connectivity index (χ4n) is 3.14. The van der Waals surface area contributed by atoms with Crippen molar-refractivity contribution in [3.8, 4) is 0 Å². The molecule has 0 fully saturated rings. The van der Waals surface area contributed by atoms with Crippen molar-refractivity contribution in [3.05, 3.63) is 63.1 Å². The lowest BCUT2D eigenvalue weighted by Gasteiger charge is -2.21. The van der Waals surface area contributed by atoms with Gasteiger partial charge < -0.3 is 5.32 Å². The van der Waals surface area contributed by atoms with E-state index in [0.717, 1.165) is 19.9 Å². The molecule has 7 heteroatoms. The summed E-state index contributed by atoms with van der Waals surface area (Å²) in [6.45, 7) is 7.10. The molecule has 0 spiro atoms. The van der Waals surface area contributed by atoms with E-state index in [2.05, 4.69) is 21.2 Å². The number of aryl methyl sites for hydroxylation is 3. The quantitative estimate of drug-likeness (QED) is 0.722. The minimum atomic E-state index is -3.75. The van der Waals surface area contributed by atoms with Crippen LogP contribution in [-0.2, 0) is 14.8 Å². The minimum Gasteiger partial charge on any atom is -0.348 e. The number of rotatable bonds is 6. The van der Waals surface area contributed by atoms with E-state index >= 15 is 0 Å². The van der Waals surface area contributed by atoms with Crippen LogP contribution in [0.5, 0.6) is 0 Å². The van der Waals surface area contributed by atoms with Crippen LogP contribution in [0.15, 0.2) is 45.8 Å². The lowest BCUT2D eigenvalue weighted by Crippen LogP contribution is -2.39. The summed E-state index contributed by atoms with van der Waals surface area (Å²) < 4.78 is 28.0. The average molecular weight is 453 g/mol. The maximum Gasteiger partial charge on any atom is 0.243 e. The fourth-order valence-corrected chi connectivity index (χ4v) is 4.93. The van der Waals surface area contributed by atoms with E-state index in [0.29, 0.717) is 11.1 Å². The van der Waals surface area contributed by atoms with Crippen LogP contribution in [0.1, 0.15) is 35.2 Å². The highest BCUT2D eigenvalue weighted by atomic mass is 79.9. The molecule has 1 amide bonds. The highest BCUT2D eigenvalue weighted by Gasteiger charge is 2.27. The van der Waals surface area contributed by atoms with E-state index in [9.17, 15) is 13.2 Å². The summed E-state index contributed by atoms with van der Waals surface area (Å²) >= 11 is 3.38. The van der Waals surface area contributed by atoms with Crippen molar-refractivity contribution in [2.24, 2.45) is 0 Å². The van der Waals surface area contributed by atoms with Gasteiger partial charge in [0.05, 0.1) is 17.5 Å². The van der Waals surface area contributed by atoms with E-state index in [1.165, 1.54) is 7.05 Å². The highest BCUT2D eigenvalue weighted by Crippen LogP contribution is 2.24. The normalized spacial score (nSPS) is 12.9. The summed E-state index contributed by atoms with van der Waals surface area (Å²) in [7, 11) is -2.32. The summed E-state index contributed by atoms with van der Waals surface area (Å²) in [5.41, 5.74) is 3.32. The van der Waals surface area contributed by atoms with Crippen LogP contribution >= 0.6 is 15.9 Å². The average Bonchev–Trinajstić information content (AvgIpc) is 2.53. The zero-order valence-electron chi connectivity index (χ0n) is 16.2. The second-order valence-electron chi connectivity index (χ2n) is 6.83. The lowest BCUT2D eigenvalue weighted by molar-refractivity contribution is -0.121. The predicted molar refractivity (Wildman–Crippen MR) is 111 cm³/mol. The fraction of sp³-hybridized carbons (Fsp3) is 0.350. The first-order valence-corrected chi connectivity index (χ1v) is 10.8. The van der Waals surface area contributed by atoms with Crippen LogP contribution < -0.4 is 5.32 Å². The van der Waals surface area contributed by atoms with E-state index in [4.69, 9.17) is 0 Å². The van der Waals surface area contributed by atoms with Crippen LogP contribution in [0.2, 0.25) is 0 Å². The second-order valence-corrected chi connectivity index (χ2v) is 9.73. The molecule has 1 unspecified atom stereocenters. The van der Waals surface area contributed by atoms with Crippen LogP contribution in [0.25, 0.3) is 0 Å². The van der Waals surface area contributed by atoms with Crippen LogP contribution in [0, 0.1) is 20.8 Å². The van der Waals surface area contributed by atoms with Crippen molar-refractivity contribution in [3.63, 3.8) is 0 Å². The summed E-state index contributed by atoms with van der Waals surface area (Å²) in [5, 5.41) is 2.85. The van der Waals surface area contributed by atoms with Gasteiger partial charge >= 0.3 is 0 Å². The molecule has 1 atom stereocenters. The largest absolute Gasteiger partial charge is 0.348 e. The monoisotopic (exact) mass is 452 g/mol. The van der Waals surface area contributed by atoms with Gasteiger partial charge in [0.2, 0.25) is 15.9 Å². The Labute approximate surface area is 170 Å². The third-order valence-corrected chi connectivity index (χ3v) is 7.02. The molecule has 1 N–H and O–H groups in total. The SMILES string of the molecule is Cc1cc(C)c(S(=O)(=O)N(C)CC(=O)NC(C)c2ccc(Br)cc2)c(C)c1. The van der Waals surface area contributed by atoms with Crippen molar-refractivity contribution >= 4 is 31.9 Å². The molecule has 0 aliphatic rings. The molecule has 0 bridgehead atoms. The molecule has 0 saturated carbocycles. The summed E-state index contributed by atoms with van der Waals surface area (Å²) in [4.78, 5) is 12.6. The zero-order chi connectivity index (χ0) is 20.4. The third kappa shape index (κ3) is 5.18. The molecule has 0 aliphatic carbocycles. The lowest BCUT2D eigenvalue weighted by atomic mass is 10.1. The Morgan fingerprint density at radius 1 is 1.11 bits per heavy atom. The maximum atomic E-state index is 13.0. The first-order chi connectivity index (χ1) is 12.5. The van der Waals surface area contributed by atoms with Gasteiger partial charge in [-0.2, -0.15) is 4.31 Å². The molecule has 2 rings (SSSR count). The first kappa shape index (κ1) is 21.6. The number of benzene rings is 2. The molecule has 5 nitrogen and oxygen atoms in total. The number of nitrogens with one attached hydrogen (secondary N) is 1. The van der Waals surface area contributed by atoms with Gasteiger partial charge in [0, 0.05) is 11.5 Å². The molecule has 0 aliphatic heterocycles. The van der Waals surface area contributed by atoms with Gasteiger partial charge in [0.25, 0.3) is 0 Å². The molecule has 0 radical (unpaired) electrons. The molecular formula is C20H25BrN2O3S.